The van der Waals surface area contributed by atoms with Crippen molar-refractivity contribution >= 4 is 29.0 Å². The Labute approximate surface area is 187 Å². The van der Waals surface area contributed by atoms with Gasteiger partial charge in [-0.15, -0.1) is 0 Å². The molecule has 0 aliphatic carbocycles. The van der Waals surface area contributed by atoms with Gasteiger partial charge < -0.3 is 34.8 Å². The van der Waals surface area contributed by atoms with Crippen molar-refractivity contribution in [1.29, 1.82) is 0 Å². The number of carbonyl (C=O) groups excluding carboxylic acids is 1. The van der Waals surface area contributed by atoms with Crippen LogP contribution in [0.4, 0.5) is 16.6 Å². The standard InChI is InChI=1S/C21H32N8O3/c1-13(2)29-12-23-17-18(25-20(26-19(17)29)28-10-15(30)11-28)24-14-4-7-27(8-5-14)21(31)32-16-3-6-22-9-16/h12-16,22,30H,3-11H2,1-2H3,(H,24,25,26)/t16-/m0/s1. The molecule has 2 aromatic heterocycles. The van der Waals surface area contributed by atoms with Crippen molar-refractivity contribution in [2.45, 2.75) is 57.4 Å². The molecule has 0 saturated carbocycles. The number of fused-ring (bicyclic) bond motifs is 1. The van der Waals surface area contributed by atoms with Gasteiger partial charge in [0.25, 0.3) is 0 Å². The van der Waals surface area contributed by atoms with Gasteiger partial charge >= 0.3 is 6.09 Å². The number of β-amino-alcohol motifs (C(OH)–C–C–N with tert-alkyl or cyclic N) is 1. The number of imidazole rings is 1. The number of anilines is 2. The maximum atomic E-state index is 12.4. The zero-order valence-corrected chi connectivity index (χ0v) is 18.7. The van der Waals surface area contributed by atoms with Gasteiger partial charge in [0.05, 0.1) is 12.4 Å². The van der Waals surface area contributed by atoms with E-state index in [0.717, 1.165) is 43.5 Å². The number of rotatable bonds is 5. The summed E-state index contributed by atoms with van der Waals surface area (Å²) in [5, 5.41) is 16.5. The summed E-state index contributed by atoms with van der Waals surface area (Å²) in [5.74, 6) is 1.32. The molecular weight excluding hydrogens is 412 g/mol. The average molecular weight is 445 g/mol. The van der Waals surface area contributed by atoms with Crippen LogP contribution in [0.25, 0.3) is 11.2 Å². The summed E-state index contributed by atoms with van der Waals surface area (Å²) in [6.07, 6.45) is 3.76. The fourth-order valence-electron chi connectivity index (χ4n) is 4.49. The van der Waals surface area contributed by atoms with Crippen LogP contribution < -0.4 is 15.5 Å². The molecule has 2 aromatic rings. The van der Waals surface area contributed by atoms with Gasteiger partial charge in [0.15, 0.2) is 17.0 Å². The smallest absolute Gasteiger partial charge is 0.410 e. The second kappa shape index (κ2) is 8.70. The number of ether oxygens (including phenoxy) is 1. The maximum absolute atomic E-state index is 12.4. The van der Waals surface area contributed by atoms with Gasteiger partial charge in [0.1, 0.15) is 6.10 Å². The molecule has 5 rings (SSSR count). The molecule has 1 amide bonds. The van der Waals surface area contributed by atoms with E-state index < -0.39 is 0 Å². The molecule has 0 radical (unpaired) electrons. The Morgan fingerprint density at radius 1 is 1.25 bits per heavy atom. The molecule has 11 heteroatoms. The van der Waals surface area contributed by atoms with Crippen LogP contribution in [0.3, 0.4) is 0 Å². The van der Waals surface area contributed by atoms with Crippen molar-refractivity contribution in [2.24, 2.45) is 0 Å². The van der Waals surface area contributed by atoms with E-state index in [1.807, 2.05) is 9.47 Å². The quantitative estimate of drug-likeness (QED) is 0.619. The van der Waals surface area contributed by atoms with E-state index in [-0.39, 0.29) is 30.4 Å². The molecule has 0 unspecified atom stereocenters. The first-order valence-corrected chi connectivity index (χ1v) is 11.6. The lowest BCUT2D eigenvalue weighted by Crippen LogP contribution is -2.51. The van der Waals surface area contributed by atoms with Gasteiger partial charge in [0, 0.05) is 44.8 Å². The second-order valence-corrected chi connectivity index (χ2v) is 9.25. The first-order valence-electron chi connectivity index (χ1n) is 11.6. The monoisotopic (exact) mass is 444 g/mol. The van der Waals surface area contributed by atoms with Crippen molar-refractivity contribution in [3.05, 3.63) is 6.33 Å². The third-order valence-corrected chi connectivity index (χ3v) is 6.49. The first kappa shape index (κ1) is 21.2. The average Bonchev–Trinajstić information content (AvgIpc) is 3.41. The second-order valence-electron chi connectivity index (χ2n) is 9.25. The van der Waals surface area contributed by atoms with Gasteiger partial charge in [-0.3, -0.25) is 0 Å². The molecule has 3 saturated heterocycles. The van der Waals surface area contributed by atoms with Crippen molar-refractivity contribution < 1.29 is 14.6 Å². The molecular formula is C21H32N8O3. The summed E-state index contributed by atoms with van der Waals surface area (Å²) >= 11 is 0. The predicted octanol–water partition coefficient (Wildman–Crippen LogP) is 0.963. The van der Waals surface area contributed by atoms with E-state index in [0.29, 0.717) is 37.9 Å². The molecule has 11 nitrogen and oxygen atoms in total. The number of hydrogen-bond acceptors (Lipinski definition) is 9. The summed E-state index contributed by atoms with van der Waals surface area (Å²) in [5.41, 5.74) is 1.54. The van der Waals surface area contributed by atoms with E-state index in [1.54, 1.807) is 11.2 Å². The van der Waals surface area contributed by atoms with Crippen molar-refractivity contribution in [3.63, 3.8) is 0 Å². The lowest BCUT2D eigenvalue weighted by molar-refractivity contribution is 0.0641. The summed E-state index contributed by atoms with van der Waals surface area (Å²) < 4.78 is 7.64. The maximum Gasteiger partial charge on any atom is 0.410 e. The van der Waals surface area contributed by atoms with Crippen LogP contribution in [0.15, 0.2) is 6.33 Å². The zero-order chi connectivity index (χ0) is 22.2. The normalized spacial score (nSPS) is 22.6. The van der Waals surface area contributed by atoms with Crippen LogP contribution in [0.1, 0.15) is 39.2 Å². The van der Waals surface area contributed by atoms with Crippen LogP contribution in [0.5, 0.6) is 0 Å². The summed E-state index contributed by atoms with van der Waals surface area (Å²) in [6.45, 7) is 8.22. The number of hydrogen-bond donors (Lipinski definition) is 3. The van der Waals surface area contributed by atoms with Crippen LogP contribution in [-0.2, 0) is 4.74 Å². The third-order valence-electron chi connectivity index (χ3n) is 6.49. The predicted molar refractivity (Wildman–Crippen MR) is 120 cm³/mol. The van der Waals surface area contributed by atoms with Gasteiger partial charge in [-0.1, -0.05) is 0 Å². The SMILES string of the molecule is CC(C)n1cnc2c(NC3CCN(C(=O)O[C@H]4CCNC4)CC3)nc(N3CC(O)C3)nc21. The van der Waals surface area contributed by atoms with Crippen molar-refractivity contribution in [1.82, 2.24) is 29.7 Å². The lowest BCUT2D eigenvalue weighted by Gasteiger charge is -2.36. The Balaban J connectivity index is 1.28. The fourth-order valence-corrected chi connectivity index (χ4v) is 4.49. The molecule has 0 aromatic carbocycles. The minimum absolute atomic E-state index is 0.0119. The van der Waals surface area contributed by atoms with Gasteiger partial charge in [-0.2, -0.15) is 9.97 Å². The molecule has 0 bridgehead atoms. The minimum atomic E-state index is -0.329. The number of piperidine rings is 1. The molecule has 1 atom stereocenters. The minimum Gasteiger partial charge on any atom is -0.445 e. The highest BCUT2D eigenvalue weighted by molar-refractivity contribution is 5.84. The molecule has 0 spiro atoms. The van der Waals surface area contributed by atoms with Crippen LogP contribution in [-0.4, -0.2) is 93.1 Å². The number of aliphatic hydroxyl groups is 1. The number of likely N-dealkylation sites (tertiary alicyclic amines) is 1. The lowest BCUT2D eigenvalue weighted by atomic mass is 10.1. The highest BCUT2D eigenvalue weighted by atomic mass is 16.6. The topological polar surface area (TPSA) is 121 Å². The van der Waals surface area contributed by atoms with Gasteiger partial charge in [-0.25, -0.2) is 9.78 Å². The Morgan fingerprint density at radius 3 is 2.69 bits per heavy atom. The molecule has 174 valence electrons. The highest BCUT2D eigenvalue weighted by Crippen LogP contribution is 2.28. The number of nitrogens with zero attached hydrogens (tertiary/aromatic N) is 6. The number of nitrogens with one attached hydrogen (secondary N) is 2. The van der Waals surface area contributed by atoms with E-state index in [2.05, 4.69) is 29.5 Å². The number of carbonyl (C=O) groups is 1. The number of aromatic nitrogens is 4. The van der Waals surface area contributed by atoms with Crippen molar-refractivity contribution in [3.8, 4) is 0 Å². The molecule has 32 heavy (non-hydrogen) atoms. The van der Waals surface area contributed by atoms with Crippen LogP contribution >= 0.6 is 0 Å². The number of aliphatic hydroxyl groups excluding tert-OH is 1. The van der Waals surface area contributed by atoms with E-state index in [1.165, 1.54) is 0 Å². The Bertz CT molecular complexity index is 959. The molecule has 5 heterocycles. The molecule has 3 aliphatic rings. The Morgan fingerprint density at radius 2 is 2.03 bits per heavy atom. The Hall–Kier alpha value is -2.66. The van der Waals surface area contributed by atoms with Gasteiger partial charge in [0.2, 0.25) is 5.95 Å². The fraction of sp³-hybridized carbons (Fsp3) is 0.714. The largest absolute Gasteiger partial charge is 0.445 e. The van der Waals surface area contributed by atoms with E-state index in [4.69, 9.17) is 14.7 Å². The summed E-state index contributed by atoms with van der Waals surface area (Å²) in [6, 6.07) is 0.409. The summed E-state index contributed by atoms with van der Waals surface area (Å²) in [7, 11) is 0. The Kier molecular flexibility index (Phi) is 5.76. The summed E-state index contributed by atoms with van der Waals surface area (Å²) in [4.78, 5) is 30.3. The molecule has 3 N–H and O–H groups in total. The zero-order valence-electron chi connectivity index (χ0n) is 18.7. The van der Waals surface area contributed by atoms with E-state index >= 15 is 0 Å². The highest BCUT2D eigenvalue weighted by Gasteiger charge is 2.30. The molecule has 3 fully saturated rings. The number of amides is 1. The first-order chi connectivity index (χ1) is 15.5. The van der Waals surface area contributed by atoms with Gasteiger partial charge in [-0.05, 0) is 39.7 Å². The third kappa shape index (κ3) is 4.18. The van der Waals surface area contributed by atoms with E-state index in [9.17, 15) is 9.90 Å². The van der Waals surface area contributed by atoms with Crippen LogP contribution in [0, 0.1) is 0 Å². The molecule has 3 aliphatic heterocycles. The van der Waals surface area contributed by atoms with Crippen molar-refractivity contribution in [2.75, 3.05) is 49.5 Å². The van der Waals surface area contributed by atoms with Crippen LogP contribution in [0.2, 0.25) is 0 Å².